The Morgan fingerprint density at radius 2 is 2.12 bits per heavy atom. The summed E-state index contributed by atoms with van der Waals surface area (Å²) in [7, 11) is -1.47. The van der Waals surface area contributed by atoms with Crippen LogP contribution in [0.15, 0.2) is 17.3 Å². The molecule has 1 aliphatic heterocycles. The van der Waals surface area contributed by atoms with Crippen LogP contribution in [0.1, 0.15) is 19.8 Å². The first-order valence-corrected chi connectivity index (χ1v) is 7.10. The fourth-order valence-electron chi connectivity index (χ4n) is 2.00. The third-order valence-corrected chi connectivity index (χ3v) is 5.35. The van der Waals surface area contributed by atoms with Crippen LogP contribution >= 0.6 is 0 Å². The van der Waals surface area contributed by atoms with Gasteiger partial charge in [0.05, 0.1) is 6.20 Å². The van der Waals surface area contributed by atoms with E-state index in [-0.39, 0.29) is 10.6 Å². The fourth-order valence-corrected chi connectivity index (χ4v) is 3.34. The molecule has 2 heterocycles. The standard InChI is InChI=1S/C10H18N4O2S/c1-10(11-2)4-7-14(8-5-10)17(15,16)9-3-6-12-13-9/h3,6,11H,4-5,7-8H2,1-2H3,(H,12,13). The largest absolute Gasteiger partial charge is 0.314 e. The Balaban J connectivity index is 2.12. The summed E-state index contributed by atoms with van der Waals surface area (Å²) in [4.78, 5) is 0. The Morgan fingerprint density at radius 3 is 2.59 bits per heavy atom. The highest BCUT2D eigenvalue weighted by Crippen LogP contribution is 2.25. The van der Waals surface area contributed by atoms with Gasteiger partial charge in [-0.05, 0) is 32.9 Å². The van der Waals surface area contributed by atoms with Crippen LogP contribution in [0.2, 0.25) is 0 Å². The van der Waals surface area contributed by atoms with Crippen molar-refractivity contribution in [1.29, 1.82) is 0 Å². The van der Waals surface area contributed by atoms with Gasteiger partial charge < -0.3 is 5.32 Å². The number of rotatable bonds is 3. The first-order chi connectivity index (χ1) is 7.98. The molecule has 6 nitrogen and oxygen atoms in total. The quantitative estimate of drug-likeness (QED) is 0.810. The molecule has 0 radical (unpaired) electrons. The van der Waals surface area contributed by atoms with Crippen LogP contribution in [0.5, 0.6) is 0 Å². The highest BCUT2D eigenvalue weighted by atomic mass is 32.2. The van der Waals surface area contributed by atoms with Gasteiger partial charge in [0.15, 0.2) is 5.03 Å². The van der Waals surface area contributed by atoms with E-state index in [2.05, 4.69) is 22.4 Å². The van der Waals surface area contributed by atoms with E-state index in [0.717, 1.165) is 12.8 Å². The molecule has 0 unspecified atom stereocenters. The lowest BCUT2D eigenvalue weighted by Crippen LogP contribution is -2.51. The van der Waals surface area contributed by atoms with Crippen molar-refractivity contribution in [3.8, 4) is 0 Å². The molecular formula is C10H18N4O2S. The SMILES string of the molecule is CNC1(C)CCN(S(=O)(=O)c2ccn[nH]2)CC1. The van der Waals surface area contributed by atoms with E-state index in [1.165, 1.54) is 16.6 Å². The molecule has 0 bridgehead atoms. The van der Waals surface area contributed by atoms with Gasteiger partial charge in [0.1, 0.15) is 0 Å². The van der Waals surface area contributed by atoms with Gasteiger partial charge in [-0.25, -0.2) is 8.42 Å². The number of piperidine rings is 1. The molecule has 7 heteroatoms. The maximum Gasteiger partial charge on any atom is 0.259 e. The number of sulfonamides is 1. The highest BCUT2D eigenvalue weighted by Gasteiger charge is 2.34. The molecular weight excluding hydrogens is 240 g/mol. The number of aromatic nitrogens is 2. The Bertz CT molecular complexity index is 461. The lowest BCUT2D eigenvalue weighted by molar-refractivity contribution is 0.219. The average Bonchev–Trinajstić information content (AvgIpc) is 2.84. The van der Waals surface area contributed by atoms with Crippen molar-refractivity contribution in [3.05, 3.63) is 12.3 Å². The smallest absolute Gasteiger partial charge is 0.259 e. The summed E-state index contributed by atoms with van der Waals surface area (Å²) in [6, 6.07) is 1.49. The number of hydrogen-bond acceptors (Lipinski definition) is 4. The molecule has 1 fully saturated rings. The van der Waals surface area contributed by atoms with Gasteiger partial charge >= 0.3 is 0 Å². The molecule has 1 aliphatic rings. The molecule has 17 heavy (non-hydrogen) atoms. The maximum atomic E-state index is 12.2. The van der Waals surface area contributed by atoms with E-state index < -0.39 is 10.0 Å². The van der Waals surface area contributed by atoms with Crippen LogP contribution < -0.4 is 5.32 Å². The molecule has 0 amide bonds. The molecule has 1 saturated heterocycles. The lowest BCUT2D eigenvalue weighted by Gasteiger charge is -2.38. The number of H-pyrrole nitrogens is 1. The third-order valence-electron chi connectivity index (χ3n) is 3.52. The van der Waals surface area contributed by atoms with Gasteiger partial charge in [-0.1, -0.05) is 0 Å². The number of nitrogens with one attached hydrogen (secondary N) is 2. The van der Waals surface area contributed by atoms with Crippen molar-refractivity contribution < 1.29 is 8.42 Å². The summed E-state index contributed by atoms with van der Waals surface area (Å²) >= 11 is 0. The van der Waals surface area contributed by atoms with Gasteiger partial charge in [0.2, 0.25) is 0 Å². The van der Waals surface area contributed by atoms with Crippen LogP contribution in [-0.2, 0) is 10.0 Å². The first-order valence-electron chi connectivity index (χ1n) is 5.66. The Hall–Kier alpha value is -0.920. The van der Waals surface area contributed by atoms with Gasteiger partial charge in [-0.15, -0.1) is 0 Å². The monoisotopic (exact) mass is 258 g/mol. The minimum atomic E-state index is -3.39. The minimum absolute atomic E-state index is 0.0417. The zero-order valence-electron chi connectivity index (χ0n) is 10.1. The van der Waals surface area contributed by atoms with E-state index in [9.17, 15) is 8.42 Å². The topological polar surface area (TPSA) is 78.1 Å². The summed E-state index contributed by atoms with van der Waals surface area (Å²) in [6.45, 7) is 3.20. The van der Waals surface area contributed by atoms with Gasteiger partial charge in [-0.3, -0.25) is 5.10 Å². The van der Waals surface area contributed by atoms with E-state index in [1.54, 1.807) is 0 Å². The fraction of sp³-hybridized carbons (Fsp3) is 0.700. The summed E-state index contributed by atoms with van der Waals surface area (Å²) in [6.07, 6.45) is 3.09. The van der Waals surface area contributed by atoms with Crippen molar-refractivity contribution >= 4 is 10.0 Å². The summed E-state index contributed by atoms with van der Waals surface area (Å²) < 4.78 is 25.9. The van der Waals surface area contributed by atoms with E-state index in [4.69, 9.17) is 0 Å². The van der Waals surface area contributed by atoms with Crippen molar-refractivity contribution in [2.75, 3.05) is 20.1 Å². The first kappa shape index (κ1) is 12.5. The van der Waals surface area contributed by atoms with Crippen LogP contribution in [0.4, 0.5) is 0 Å². The molecule has 0 aromatic carbocycles. The number of hydrogen-bond donors (Lipinski definition) is 2. The third kappa shape index (κ3) is 2.36. The van der Waals surface area contributed by atoms with Crippen LogP contribution in [0.3, 0.4) is 0 Å². The number of aromatic amines is 1. The summed E-state index contributed by atoms with van der Waals surface area (Å²) in [5.41, 5.74) is 0.0417. The highest BCUT2D eigenvalue weighted by molar-refractivity contribution is 7.89. The molecule has 1 aromatic rings. The predicted molar refractivity (Wildman–Crippen MR) is 64.0 cm³/mol. The molecule has 0 aliphatic carbocycles. The maximum absolute atomic E-state index is 12.2. The van der Waals surface area contributed by atoms with Crippen molar-refractivity contribution in [1.82, 2.24) is 19.8 Å². The molecule has 0 spiro atoms. The van der Waals surface area contributed by atoms with Gasteiger partial charge in [0.25, 0.3) is 10.0 Å². The summed E-state index contributed by atoms with van der Waals surface area (Å²) in [5, 5.41) is 9.62. The zero-order chi connectivity index (χ0) is 12.5. The second-order valence-corrected chi connectivity index (χ2v) is 6.54. The van der Waals surface area contributed by atoms with Crippen LogP contribution in [0.25, 0.3) is 0 Å². The molecule has 1 aromatic heterocycles. The molecule has 0 saturated carbocycles. The second kappa shape index (κ2) is 4.40. The normalized spacial score (nSPS) is 21.5. The van der Waals surface area contributed by atoms with E-state index >= 15 is 0 Å². The number of nitrogens with zero attached hydrogens (tertiary/aromatic N) is 2. The Morgan fingerprint density at radius 1 is 1.47 bits per heavy atom. The van der Waals surface area contributed by atoms with Gasteiger partial charge in [0, 0.05) is 18.6 Å². The van der Waals surface area contributed by atoms with Gasteiger partial charge in [-0.2, -0.15) is 9.40 Å². The van der Waals surface area contributed by atoms with Crippen molar-refractivity contribution in [3.63, 3.8) is 0 Å². The minimum Gasteiger partial charge on any atom is -0.314 e. The van der Waals surface area contributed by atoms with E-state index in [1.807, 2.05) is 7.05 Å². The molecule has 96 valence electrons. The van der Waals surface area contributed by atoms with Crippen LogP contribution in [0, 0.1) is 0 Å². The van der Waals surface area contributed by atoms with E-state index in [0.29, 0.717) is 13.1 Å². The predicted octanol–water partition coefficient (Wildman–Crippen LogP) is 0.172. The van der Waals surface area contributed by atoms with Crippen LogP contribution in [-0.4, -0.2) is 48.6 Å². The molecule has 2 rings (SSSR count). The molecule has 0 atom stereocenters. The summed E-state index contributed by atoms with van der Waals surface area (Å²) in [5.74, 6) is 0. The lowest BCUT2D eigenvalue weighted by atomic mass is 9.91. The Kier molecular flexibility index (Phi) is 3.24. The molecule has 2 N–H and O–H groups in total. The van der Waals surface area contributed by atoms with Crippen molar-refractivity contribution in [2.45, 2.75) is 30.3 Å². The average molecular weight is 258 g/mol. The zero-order valence-corrected chi connectivity index (χ0v) is 10.9. The Labute approximate surface area is 101 Å². The van der Waals surface area contributed by atoms with Crippen molar-refractivity contribution in [2.24, 2.45) is 0 Å². The second-order valence-electron chi connectivity index (χ2n) is 4.64.